The number of rotatable bonds is 5. The fourth-order valence-corrected chi connectivity index (χ4v) is 3.72. The summed E-state index contributed by atoms with van der Waals surface area (Å²) in [6.07, 6.45) is 8.71. The van der Waals surface area contributed by atoms with Crippen molar-refractivity contribution in [2.45, 2.75) is 58.0 Å². The molecule has 1 saturated carbocycles. The summed E-state index contributed by atoms with van der Waals surface area (Å²) >= 11 is 0. The van der Waals surface area contributed by atoms with Crippen LogP contribution in [0.3, 0.4) is 0 Å². The van der Waals surface area contributed by atoms with Crippen molar-refractivity contribution >= 4 is 11.9 Å². The van der Waals surface area contributed by atoms with Crippen molar-refractivity contribution in [3.8, 4) is 0 Å². The van der Waals surface area contributed by atoms with E-state index in [9.17, 15) is 9.59 Å². The summed E-state index contributed by atoms with van der Waals surface area (Å²) in [5.74, 6) is 0.0417. The first kappa shape index (κ1) is 17.8. The lowest BCUT2D eigenvalue weighted by molar-refractivity contribution is -0.130. The van der Waals surface area contributed by atoms with Gasteiger partial charge >= 0.3 is 6.03 Å². The molecular formula is C18H29N5O2. The largest absolute Gasteiger partial charge is 0.341 e. The summed E-state index contributed by atoms with van der Waals surface area (Å²) in [6.45, 7) is 4.76. The molecule has 7 nitrogen and oxygen atoms in total. The standard InChI is InChI=1S/C18H29N5O2/c1-2-9-21-10-5-11-22(14-17(21)24)18(25)19-13-15-8-12-23(20-15)16-6-3-4-7-16/h8,12,16H,2-7,9-11,13-14H2,1H3,(H,19,25). The number of hydrogen-bond donors (Lipinski definition) is 1. The third-order valence-corrected chi connectivity index (χ3v) is 5.10. The van der Waals surface area contributed by atoms with E-state index in [4.69, 9.17) is 0 Å². The fourth-order valence-electron chi connectivity index (χ4n) is 3.72. The maximum atomic E-state index is 12.4. The maximum Gasteiger partial charge on any atom is 0.318 e. The number of nitrogens with zero attached hydrogens (tertiary/aromatic N) is 4. The van der Waals surface area contributed by atoms with Gasteiger partial charge in [-0.25, -0.2) is 4.79 Å². The summed E-state index contributed by atoms with van der Waals surface area (Å²) in [7, 11) is 0. The third-order valence-electron chi connectivity index (χ3n) is 5.10. The van der Waals surface area contributed by atoms with E-state index in [2.05, 4.69) is 17.3 Å². The molecule has 7 heteroatoms. The zero-order chi connectivity index (χ0) is 17.6. The smallest absolute Gasteiger partial charge is 0.318 e. The number of carbonyl (C=O) groups is 2. The Morgan fingerprint density at radius 3 is 2.84 bits per heavy atom. The van der Waals surface area contributed by atoms with E-state index >= 15 is 0 Å². The minimum atomic E-state index is -0.179. The SMILES string of the molecule is CCCN1CCCN(C(=O)NCc2ccn(C3CCCC3)n2)CC1=O. The van der Waals surface area contributed by atoms with E-state index in [0.29, 0.717) is 19.1 Å². The Labute approximate surface area is 149 Å². The van der Waals surface area contributed by atoms with Crippen LogP contribution >= 0.6 is 0 Å². The molecule has 138 valence electrons. The normalized spacial score (nSPS) is 19.3. The quantitative estimate of drug-likeness (QED) is 0.887. The number of amides is 3. The van der Waals surface area contributed by atoms with Crippen LogP contribution in [0.2, 0.25) is 0 Å². The Morgan fingerprint density at radius 2 is 2.08 bits per heavy atom. The van der Waals surface area contributed by atoms with Gasteiger partial charge in [-0.15, -0.1) is 0 Å². The van der Waals surface area contributed by atoms with Crippen molar-refractivity contribution in [3.05, 3.63) is 18.0 Å². The Balaban J connectivity index is 1.49. The lowest BCUT2D eigenvalue weighted by atomic mass is 10.3. The van der Waals surface area contributed by atoms with Crippen LogP contribution in [0, 0.1) is 0 Å². The van der Waals surface area contributed by atoms with Gasteiger partial charge in [0, 0.05) is 25.8 Å². The number of carbonyl (C=O) groups excluding carboxylic acids is 2. The maximum absolute atomic E-state index is 12.4. The van der Waals surface area contributed by atoms with E-state index in [0.717, 1.165) is 31.6 Å². The molecule has 0 unspecified atom stereocenters. The molecule has 2 aliphatic rings. The molecule has 1 aliphatic heterocycles. The average molecular weight is 347 g/mol. The topological polar surface area (TPSA) is 70.5 Å². The van der Waals surface area contributed by atoms with E-state index in [1.807, 2.05) is 21.8 Å². The van der Waals surface area contributed by atoms with E-state index in [-0.39, 0.29) is 18.5 Å². The monoisotopic (exact) mass is 347 g/mol. The van der Waals surface area contributed by atoms with Crippen LogP contribution in [0.1, 0.15) is 57.2 Å². The van der Waals surface area contributed by atoms with E-state index in [1.54, 1.807) is 4.90 Å². The van der Waals surface area contributed by atoms with Gasteiger partial charge in [-0.05, 0) is 31.7 Å². The molecule has 0 atom stereocenters. The minimum absolute atomic E-state index is 0.0417. The van der Waals surface area contributed by atoms with Crippen LogP contribution in [-0.2, 0) is 11.3 Å². The van der Waals surface area contributed by atoms with Gasteiger partial charge in [0.15, 0.2) is 0 Å². The second-order valence-corrected chi connectivity index (χ2v) is 7.04. The van der Waals surface area contributed by atoms with Gasteiger partial charge in [-0.1, -0.05) is 19.8 Å². The summed E-state index contributed by atoms with van der Waals surface area (Å²) in [5, 5.41) is 7.50. The van der Waals surface area contributed by atoms with Gasteiger partial charge in [-0.2, -0.15) is 5.10 Å². The molecule has 0 aromatic carbocycles. The first-order valence-corrected chi connectivity index (χ1v) is 9.52. The Morgan fingerprint density at radius 1 is 1.28 bits per heavy atom. The number of hydrogen-bond acceptors (Lipinski definition) is 3. The van der Waals surface area contributed by atoms with E-state index in [1.165, 1.54) is 25.7 Å². The van der Waals surface area contributed by atoms with Crippen LogP contribution in [-0.4, -0.2) is 57.7 Å². The highest BCUT2D eigenvalue weighted by atomic mass is 16.2. The van der Waals surface area contributed by atoms with Crippen molar-refractivity contribution in [2.24, 2.45) is 0 Å². The molecule has 1 saturated heterocycles. The molecule has 1 aromatic rings. The number of nitrogens with one attached hydrogen (secondary N) is 1. The van der Waals surface area contributed by atoms with Crippen molar-refractivity contribution in [3.63, 3.8) is 0 Å². The Hall–Kier alpha value is -2.05. The minimum Gasteiger partial charge on any atom is -0.341 e. The zero-order valence-corrected chi connectivity index (χ0v) is 15.1. The first-order valence-electron chi connectivity index (χ1n) is 9.52. The average Bonchev–Trinajstić information content (AvgIpc) is 3.25. The first-order chi connectivity index (χ1) is 12.2. The summed E-state index contributed by atoms with van der Waals surface area (Å²) < 4.78 is 2.03. The number of urea groups is 1. The Kier molecular flexibility index (Phi) is 5.94. The molecule has 3 rings (SSSR count). The highest BCUT2D eigenvalue weighted by molar-refractivity contribution is 5.84. The van der Waals surface area contributed by atoms with Crippen molar-refractivity contribution in [1.29, 1.82) is 0 Å². The predicted molar refractivity (Wildman–Crippen MR) is 95.0 cm³/mol. The third kappa shape index (κ3) is 4.52. The van der Waals surface area contributed by atoms with Crippen LogP contribution in [0.4, 0.5) is 4.79 Å². The molecule has 0 spiro atoms. The highest BCUT2D eigenvalue weighted by Crippen LogP contribution is 2.28. The van der Waals surface area contributed by atoms with Gasteiger partial charge in [-0.3, -0.25) is 9.48 Å². The molecule has 0 radical (unpaired) electrons. The Bertz CT molecular complexity index is 594. The highest BCUT2D eigenvalue weighted by Gasteiger charge is 2.24. The summed E-state index contributed by atoms with van der Waals surface area (Å²) in [4.78, 5) is 28.1. The molecule has 3 amide bonds. The number of aromatic nitrogens is 2. The molecule has 25 heavy (non-hydrogen) atoms. The summed E-state index contributed by atoms with van der Waals surface area (Å²) in [6, 6.07) is 2.30. The van der Waals surface area contributed by atoms with Crippen LogP contribution in [0.25, 0.3) is 0 Å². The summed E-state index contributed by atoms with van der Waals surface area (Å²) in [5.41, 5.74) is 0.869. The lowest BCUT2D eigenvalue weighted by Gasteiger charge is -2.21. The van der Waals surface area contributed by atoms with Gasteiger partial charge in [0.25, 0.3) is 0 Å². The van der Waals surface area contributed by atoms with Crippen LogP contribution in [0.5, 0.6) is 0 Å². The van der Waals surface area contributed by atoms with Crippen molar-refractivity contribution in [1.82, 2.24) is 24.9 Å². The molecule has 2 fully saturated rings. The van der Waals surface area contributed by atoms with Crippen LogP contribution < -0.4 is 5.32 Å². The van der Waals surface area contributed by atoms with Gasteiger partial charge in [0.2, 0.25) is 5.91 Å². The van der Waals surface area contributed by atoms with Crippen molar-refractivity contribution in [2.75, 3.05) is 26.2 Å². The van der Waals surface area contributed by atoms with Gasteiger partial charge in [0.1, 0.15) is 6.54 Å². The molecule has 1 aliphatic carbocycles. The van der Waals surface area contributed by atoms with E-state index < -0.39 is 0 Å². The van der Waals surface area contributed by atoms with Gasteiger partial charge < -0.3 is 15.1 Å². The molecule has 0 bridgehead atoms. The van der Waals surface area contributed by atoms with Crippen LogP contribution in [0.15, 0.2) is 12.3 Å². The second kappa shape index (κ2) is 8.36. The van der Waals surface area contributed by atoms with Crippen molar-refractivity contribution < 1.29 is 9.59 Å². The molecule has 1 N–H and O–H groups in total. The molecule has 1 aromatic heterocycles. The lowest BCUT2D eigenvalue weighted by Crippen LogP contribution is -2.44. The predicted octanol–water partition coefficient (Wildman–Crippen LogP) is 2.15. The van der Waals surface area contributed by atoms with Gasteiger partial charge in [0.05, 0.1) is 18.3 Å². The second-order valence-electron chi connectivity index (χ2n) is 7.04. The molecule has 2 heterocycles. The zero-order valence-electron chi connectivity index (χ0n) is 15.1. The molecular weight excluding hydrogens is 318 g/mol. The fraction of sp³-hybridized carbons (Fsp3) is 0.722.